The van der Waals surface area contributed by atoms with E-state index in [2.05, 4.69) is 27.9 Å². The van der Waals surface area contributed by atoms with Crippen LogP contribution in [0.5, 0.6) is 0 Å². The van der Waals surface area contributed by atoms with Crippen LogP contribution in [0.25, 0.3) is 0 Å². The van der Waals surface area contributed by atoms with Gasteiger partial charge in [-0.3, -0.25) is 4.79 Å². The minimum absolute atomic E-state index is 0. The first-order valence-electron chi connectivity index (χ1n) is 5.97. The van der Waals surface area contributed by atoms with Gasteiger partial charge in [0, 0.05) is 21.2 Å². The molecule has 1 amide bonds. The first-order valence-corrected chi connectivity index (χ1v) is 7.05. The Hall–Kier alpha value is -0.330. The van der Waals surface area contributed by atoms with Crippen LogP contribution in [0.1, 0.15) is 25.7 Å². The lowest BCUT2D eigenvalue weighted by Gasteiger charge is -2.25. The molecule has 5 heteroatoms. The van der Waals surface area contributed by atoms with Crippen LogP contribution in [0, 0.1) is 9.49 Å². The van der Waals surface area contributed by atoms with Gasteiger partial charge in [0.05, 0.1) is 0 Å². The van der Waals surface area contributed by atoms with E-state index in [9.17, 15) is 4.79 Å². The number of anilines is 1. The van der Waals surface area contributed by atoms with Gasteiger partial charge in [-0.15, -0.1) is 12.4 Å². The van der Waals surface area contributed by atoms with Crippen LogP contribution in [0.3, 0.4) is 0 Å². The average molecular weight is 381 g/mol. The molecule has 0 aromatic heterocycles. The lowest BCUT2D eigenvalue weighted by atomic mass is 9.85. The van der Waals surface area contributed by atoms with Crippen LogP contribution < -0.4 is 11.1 Å². The van der Waals surface area contributed by atoms with E-state index in [0.29, 0.717) is 0 Å². The summed E-state index contributed by atoms with van der Waals surface area (Å²) in [6.45, 7) is 0. The molecule has 18 heavy (non-hydrogen) atoms. The number of benzene rings is 1. The van der Waals surface area contributed by atoms with Crippen molar-refractivity contribution in [3.63, 3.8) is 0 Å². The highest BCUT2D eigenvalue weighted by atomic mass is 127. The van der Waals surface area contributed by atoms with Gasteiger partial charge in [-0.2, -0.15) is 0 Å². The molecule has 0 heterocycles. The van der Waals surface area contributed by atoms with Gasteiger partial charge in [0.15, 0.2) is 0 Å². The van der Waals surface area contributed by atoms with Gasteiger partial charge in [0.2, 0.25) is 5.91 Å². The molecule has 0 spiro atoms. The highest BCUT2D eigenvalue weighted by molar-refractivity contribution is 14.1. The van der Waals surface area contributed by atoms with Crippen molar-refractivity contribution in [2.45, 2.75) is 31.7 Å². The predicted molar refractivity (Wildman–Crippen MR) is 85.0 cm³/mol. The number of nitrogens with two attached hydrogens (primary N) is 1. The van der Waals surface area contributed by atoms with E-state index in [-0.39, 0.29) is 30.3 Å². The van der Waals surface area contributed by atoms with E-state index in [0.717, 1.165) is 31.4 Å². The summed E-state index contributed by atoms with van der Waals surface area (Å²) in [6.07, 6.45) is 3.89. The third-order valence-corrected chi connectivity index (χ3v) is 3.92. The molecule has 0 bridgehead atoms. The Labute approximate surface area is 127 Å². The molecule has 1 aliphatic rings. The maximum atomic E-state index is 12.0. The zero-order valence-electron chi connectivity index (χ0n) is 10.1. The minimum Gasteiger partial charge on any atom is -0.328 e. The Bertz CT molecular complexity index is 396. The SMILES string of the molecule is Cl.NC1CCCC(C(=O)Nc2ccc(I)cc2)C1. The lowest BCUT2D eigenvalue weighted by Crippen LogP contribution is -2.34. The molecule has 2 atom stereocenters. The number of amides is 1. The van der Waals surface area contributed by atoms with Crippen LogP contribution >= 0.6 is 35.0 Å². The van der Waals surface area contributed by atoms with Gasteiger partial charge in [0.25, 0.3) is 0 Å². The van der Waals surface area contributed by atoms with E-state index in [1.165, 1.54) is 3.57 Å². The van der Waals surface area contributed by atoms with Gasteiger partial charge < -0.3 is 11.1 Å². The molecule has 1 aromatic rings. The van der Waals surface area contributed by atoms with Gasteiger partial charge in [-0.25, -0.2) is 0 Å². The largest absolute Gasteiger partial charge is 0.328 e. The van der Waals surface area contributed by atoms with Crippen molar-refractivity contribution in [1.29, 1.82) is 0 Å². The standard InChI is InChI=1S/C13H17IN2O.ClH/c14-10-4-6-12(7-5-10)16-13(17)9-2-1-3-11(15)8-9;/h4-7,9,11H,1-3,8,15H2,(H,16,17);1H. The van der Waals surface area contributed by atoms with Gasteiger partial charge in [-0.05, 0) is 66.1 Å². The Morgan fingerprint density at radius 2 is 1.94 bits per heavy atom. The molecular formula is C13H18ClIN2O. The molecular weight excluding hydrogens is 363 g/mol. The summed E-state index contributed by atoms with van der Waals surface area (Å²) < 4.78 is 1.17. The first kappa shape index (κ1) is 15.7. The van der Waals surface area contributed by atoms with Crippen molar-refractivity contribution in [3.05, 3.63) is 27.8 Å². The van der Waals surface area contributed by atoms with E-state index in [4.69, 9.17) is 5.73 Å². The summed E-state index contributed by atoms with van der Waals surface area (Å²) >= 11 is 2.25. The van der Waals surface area contributed by atoms with E-state index >= 15 is 0 Å². The number of hydrogen-bond acceptors (Lipinski definition) is 2. The summed E-state index contributed by atoms with van der Waals surface area (Å²) in [5.74, 6) is 0.194. The highest BCUT2D eigenvalue weighted by Crippen LogP contribution is 2.24. The summed E-state index contributed by atoms with van der Waals surface area (Å²) in [7, 11) is 0. The molecule has 3 N–H and O–H groups in total. The number of hydrogen-bond donors (Lipinski definition) is 2. The van der Waals surface area contributed by atoms with E-state index in [1.807, 2.05) is 24.3 Å². The lowest BCUT2D eigenvalue weighted by molar-refractivity contribution is -0.120. The van der Waals surface area contributed by atoms with Gasteiger partial charge in [0.1, 0.15) is 0 Å². The molecule has 1 aromatic carbocycles. The van der Waals surface area contributed by atoms with Crippen molar-refractivity contribution in [3.8, 4) is 0 Å². The number of carbonyl (C=O) groups is 1. The fourth-order valence-corrected chi connectivity index (χ4v) is 2.60. The fraction of sp³-hybridized carbons (Fsp3) is 0.462. The Balaban J connectivity index is 0.00000162. The molecule has 1 aliphatic carbocycles. The topological polar surface area (TPSA) is 55.1 Å². The third kappa shape index (κ3) is 4.40. The van der Waals surface area contributed by atoms with Crippen molar-refractivity contribution in [1.82, 2.24) is 0 Å². The van der Waals surface area contributed by atoms with Crippen LogP contribution in [0.15, 0.2) is 24.3 Å². The molecule has 2 unspecified atom stereocenters. The first-order chi connectivity index (χ1) is 8.15. The van der Waals surface area contributed by atoms with Gasteiger partial charge in [-0.1, -0.05) is 6.42 Å². The molecule has 100 valence electrons. The van der Waals surface area contributed by atoms with E-state index < -0.39 is 0 Å². The number of rotatable bonds is 2. The molecule has 2 rings (SSSR count). The zero-order chi connectivity index (χ0) is 12.3. The summed E-state index contributed by atoms with van der Waals surface area (Å²) in [4.78, 5) is 12.0. The summed E-state index contributed by atoms with van der Waals surface area (Å²) in [5.41, 5.74) is 6.77. The number of halogens is 2. The van der Waals surface area contributed by atoms with Gasteiger partial charge >= 0.3 is 0 Å². The van der Waals surface area contributed by atoms with Crippen molar-refractivity contribution in [2.75, 3.05) is 5.32 Å². The quantitative estimate of drug-likeness (QED) is 0.774. The maximum Gasteiger partial charge on any atom is 0.227 e. The molecule has 3 nitrogen and oxygen atoms in total. The second kappa shape index (κ2) is 7.31. The molecule has 0 saturated heterocycles. The van der Waals surface area contributed by atoms with Crippen molar-refractivity contribution < 1.29 is 4.79 Å². The number of nitrogens with one attached hydrogen (secondary N) is 1. The van der Waals surface area contributed by atoms with Crippen molar-refractivity contribution in [2.24, 2.45) is 11.7 Å². The number of carbonyl (C=O) groups excluding carboxylic acids is 1. The Morgan fingerprint density at radius 1 is 1.28 bits per heavy atom. The minimum atomic E-state index is 0. The third-order valence-electron chi connectivity index (χ3n) is 3.20. The highest BCUT2D eigenvalue weighted by Gasteiger charge is 2.25. The Kier molecular flexibility index (Phi) is 6.38. The smallest absolute Gasteiger partial charge is 0.227 e. The monoisotopic (exact) mass is 380 g/mol. The molecule has 1 saturated carbocycles. The fourth-order valence-electron chi connectivity index (χ4n) is 2.24. The van der Waals surface area contributed by atoms with E-state index in [1.54, 1.807) is 0 Å². The Morgan fingerprint density at radius 3 is 2.56 bits per heavy atom. The second-order valence-corrected chi connectivity index (χ2v) is 5.87. The van der Waals surface area contributed by atoms with Crippen LogP contribution in [0.2, 0.25) is 0 Å². The van der Waals surface area contributed by atoms with Crippen LogP contribution in [-0.2, 0) is 4.79 Å². The normalized spacial score (nSPS) is 23.0. The summed E-state index contributed by atoms with van der Waals surface area (Å²) in [6, 6.07) is 8.03. The van der Waals surface area contributed by atoms with Crippen LogP contribution in [-0.4, -0.2) is 11.9 Å². The zero-order valence-corrected chi connectivity index (χ0v) is 13.0. The van der Waals surface area contributed by atoms with Crippen LogP contribution in [0.4, 0.5) is 5.69 Å². The summed E-state index contributed by atoms with van der Waals surface area (Å²) in [5, 5.41) is 2.96. The average Bonchev–Trinajstić information content (AvgIpc) is 2.32. The molecule has 0 radical (unpaired) electrons. The maximum absolute atomic E-state index is 12.0. The second-order valence-electron chi connectivity index (χ2n) is 4.62. The van der Waals surface area contributed by atoms with Crippen molar-refractivity contribution >= 4 is 46.6 Å². The predicted octanol–water partition coefficient (Wildman–Crippen LogP) is 3.17. The molecule has 1 fully saturated rings. The molecule has 0 aliphatic heterocycles.